The van der Waals surface area contributed by atoms with E-state index in [4.69, 9.17) is 0 Å². The molecule has 0 spiro atoms. The molecule has 0 radical (unpaired) electrons. The van der Waals surface area contributed by atoms with E-state index in [1.807, 2.05) is 18.3 Å². The van der Waals surface area contributed by atoms with Gasteiger partial charge in [0.2, 0.25) is 5.82 Å². The number of hydrogen-bond donors (Lipinski definition) is 1. The fraction of sp³-hybridized carbons (Fsp3) is 0.333. The lowest BCUT2D eigenvalue weighted by Gasteiger charge is -2.40. The molecular weight excluding hydrogens is 319 g/mol. The molecule has 0 saturated carbocycles. The van der Waals surface area contributed by atoms with Crippen LogP contribution in [0.2, 0.25) is 0 Å². The maximum atomic E-state index is 13.7. The standard InChI is InChI=1S/C18H19FN6/c1-18(2)11-25(10-14-6-15(19)3-4-16(14)18)9-12-5-13(8-20-7-12)17-21-23-24-22-17/h3-8H,9-11H2,1-2H3,(H,21,22,23,24). The molecule has 1 aliphatic heterocycles. The first-order valence-corrected chi connectivity index (χ1v) is 8.20. The van der Waals surface area contributed by atoms with Gasteiger partial charge >= 0.3 is 0 Å². The Labute approximate surface area is 145 Å². The Balaban J connectivity index is 1.59. The number of hydrogen-bond acceptors (Lipinski definition) is 5. The molecule has 1 N–H and O–H groups in total. The largest absolute Gasteiger partial charge is 0.294 e. The molecule has 0 aliphatic carbocycles. The van der Waals surface area contributed by atoms with E-state index in [1.165, 1.54) is 5.56 Å². The maximum Gasteiger partial charge on any atom is 0.206 e. The number of nitrogens with zero attached hydrogens (tertiary/aromatic N) is 5. The molecule has 1 aliphatic rings. The van der Waals surface area contributed by atoms with Gasteiger partial charge in [-0.05, 0) is 40.1 Å². The number of aromatic amines is 1. The number of halogens is 1. The van der Waals surface area contributed by atoms with E-state index in [1.54, 1.807) is 18.3 Å². The van der Waals surface area contributed by atoms with E-state index in [-0.39, 0.29) is 11.2 Å². The predicted molar refractivity (Wildman–Crippen MR) is 90.9 cm³/mol. The summed E-state index contributed by atoms with van der Waals surface area (Å²) in [5, 5.41) is 14.0. The van der Waals surface area contributed by atoms with Crippen molar-refractivity contribution in [2.24, 2.45) is 0 Å². The topological polar surface area (TPSA) is 70.6 Å². The zero-order chi connectivity index (χ0) is 17.4. The number of benzene rings is 1. The van der Waals surface area contributed by atoms with E-state index in [9.17, 15) is 4.39 Å². The summed E-state index contributed by atoms with van der Waals surface area (Å²) < 4.78 is 13.7. The summed E-state index contributed by atoms with van der Waals surface area (Å²) >= 11 is 0. The minimum atomic E-state index is -0.183. The molecule has 1 aromatic carbocycles. The van der Waals surface area contributed by atoms with Gasteiger partial charge in [0.25, 0.3) is 0 Å². The molecule has 0 bridgehead atoms. The Bertz CT molecular complexity index is 890. The molecular formula is C18H19FN6. The first-order chi connectivity index (χ1) is 12.0. The van der Waals surface area contributed by atoms with Crippen molar-refractivity contribution in [3.63, 3.8) is 0 Å². The van der Waals surface area contributed by atoms with Crippen LogP contribution in [0.15, 0.2) is 36.7 Å². The predicted octanol–water partition coefficient (Wildman–Crippen LogP) is 2.69. The van der Waals surface area contributed by atoms with Crippen LogP contribution in [0.25, 0.3) is 11.4 Å². The molecule has 3 heterocycles. The molecule has 25 heavy (non-hydrogen) atoms. The number of tetrazole rings is 1. The second-order valence-electron chi connectivity index (χ2n) is 7.15. The first-order valence-electron chi connectivity index (χ1n) is 8.20. The van der Waals surface area contributed by atoms with E-state index in [2.05, 4.69) is 44.4 Å². The highest BCUT2D eigenvalue weighted by atomic mass is 19.1. The molecule has 0 saturated heterocycles. The Morgan fingerprint density at radius 1 is 1.24 bits per heavy atom. The van der Waals surface area contributed by atoms with Gasteiger partial charge in [-0.25, -0.2) is 4.39 Å². The quantitative estimate of drug-likeness (QED) is 0.795. The Kier molecular flexibility index (Phi) is 3.80. The molecule has 128 valence electrons. The van der Waals surface area contributed by atoms with Crippen LogP contribution in [0.5, 0.6) is 0 Å². The van der Waals surface area contributed by atoms with Crippen molar-refractivity contribution in [3.8, 4) is 11.4 Å². The van der Waals surface area contributed by atoms with Crippen LogP contribution in [0, 0.1) is 5.82 Å². The number of pyridine rings is 1. The summed E-state index contributed by atoms with van der Waals surface area (Å²) in [6.07, 6.45) is 3.57. The lowest BCUT2D eigenvalue weighted by atomic mass is 9.78. The second-order valence-corrected chi connectivity index (χ2v) is 7.15. The van der Waals surface area contributed by atoms with E-state index in [0.29, 0.717) is 5.82 Å². The van der Waals surface area contributed by atoms with Gasteiger partial charge in [0, 0.05) is 43.0 Å². The summed E-state index contributed by atoms with van der Waals surface area (Å²) in [6, 6.07) is 7.14. The van der Waals surface area contributed by atoms with Gasteiger partial charge in [-0.2, -0.15) is 5.21 Å². The summed E-state index contributed by atoms with van der Waals surface area (Å²) in [4.78, 5) is 6.61. The normalized spacial score (nSPS) is 16.6. The van der Waals surface area contributed by atoms with Gasteiger partial charge < -0.3 is 0 Å². The van der Waals surface area contributed by atoms with Crippen molar-refractivity contribution in [1.29, 1.82) is 0 Å². The highest BCUT2D eigenvalue weighted by Gasteiger charge is 2.31. The van der Waals surface area contributed by atoms with Crippen LogP contribution in [-0.4, -0.2) is 37.1 Å². The van der Waals surface area contributed by atoms with E-state index < -0.39 is 0 Å². The van der Waals surface area contributed by atoms with Gasteiger partial charge in [0.1, 0.15) is 5.82 Å². The Morgan fingerprint density at radius 2 is 2.12 bits per heavy atom. The van der Waals surface area contributed by atoms with E-state index >= 15 is 0 Å². The van der Waals surface area contributed by atoms with Crippen LogP contribution >= 0.6 is 0 Å². The minimum absolute atomic E-state index is 0.0278. The number of fused-ring (bicyclic) bond motifs is 1. The van der Waals surface area contributed by atoms with Crippen LogP contribution < -0.4 is 0 Å². The molecule has 6 nitrogen and oxygen atoms in total. The van der Waals surface area contributed by atoms with Gasteiger partial charge in [0.05, 0.1) is 0 Å². The Morgan fingerprint density at radius 3 is 2.92 bits per heavy atom. The lowest BCUT2D eigenvalue weighted by molar-refractivity contribution is 0.185. The summed E-state index contributed by atoms with van der Waals surface area (Å²) in [7, 11) is 0. The Hall–Kier alpha value is -2.67. The first kappa shape index (κ1) is 15.8. The molecule has 0 amide bonds. The van der Waals surface area contributed by atoms with Crippen LogP contribution in [0.4, 0.5) is 4.39 Å². The molecule has 4 rings (SSSR count). The third-order valence-corrected chi connectivity index (χ3v) is 4.61. The third kappa shape index (κ3) is 3.15. The van der Waals surface area contributed by atoms with Crippen LogP contribution in [0.3, 0.4) is 0 Å². The van der Waals surface area contributed by atoms with Gasteiger partial charge in [-0.3, -0.25) is 9.88 Å². The summed E-state index contributed by atoms with van der Waals surface area (Å²) in [5.74, 6) is 0.345. The van der Waals surface area contributed by atoms with Crippen LogP contribution in [-0.2, 0) is 18.5 Å². The molecule has 0 fully saturated rings. The summed E-state index contributed by atoms with van der Waals surface area (Å²) in [6.45, 7) is 6.76. The number of H-pyrrole nitrogens is 1. The lowest BCUT2D eigenvalue weighted by Crippen LogP contribution is -2.41. The molecule has 0 unspecified atom stereocenters. The van der Waals surface area contributed by atoms with Crippen molar-refractivity contribution in [2.75, 3.05) is 6.54 Å². The number of rotatable bonds is 3. The molecule has 7 heteroatoms. The van der Waals surface area contributed by atoms with Crippen molar-refractivity contribution in [3.05, 3.63) is 59.2 Å². The molecule has 0 atom stereocenters. The van der Waals surface area contributed by atoms with Gasteiger partial charge in [-0.1, -0.05) is 19.9 Å². The van der Waals surface area contributed by atoms with Crippen molar-refractivity contribution < 1.29 is 4.39 Å². The smallest absolute Gasteiger partial charge is 0.206 e. The molecule has 2 aromatic heterocycles. The second kappa shape index (κ2) is 6.00. The fourth-order valence-corrected chi connectivity index (χ4v) is 3.64. The monoisotopic (exact) mass is 338 g/mol. The highest BCUT2D eigenvalue weighted by Crippen LogP contribution is 2.34. The highest BCUT2D eigenvalue weighted by molar-refractivity contribution is 5.53. The van der Waals surface area contributed by atoms with Crippen molar-refractivity contribution in [1.82, 2.24) is 30.5 Å². The maximum absolute atomic E-state index is 13.7. The zero-order valence-corrected chi connectivity index (χ0v) is 14.2. The third-order valence-electron chi connectivity index (χ3n) is 4.61. The van der Waals surface area contributed by atoms with Crippen molar-refractivity contribution >= 4 is 0 Å². The van der Waals surface area contributed by atoms with Crippen LogP contribution in [0.1, 0.15) is 30.5 Å². The van der Waals surface area contributed by atoms with E-state index in [0.717, 1.165) is 36.3 Å². The van der Waals surface area contributed by atoms with Gasteiger partial charge in [0.15, 0.2) is 0 Å². The number of nitrogens with one attached hydrogen (secondary N) is 1. The molecule has 3 aromatic rings. The minimum Gasteiger partial charge on any atom is -0.294 e. The zero-order valence-electron chi connectivity index (χ0n) is 14.2. The average molecular weight is 338 g/mol. The fourth-order valence-electron chi connectivity index (χ4n) is 3.64. The SMILES string of the molecule is CC1(C)CN(Cc2cncc(-c3nn[nH]n3)c2)Cc2cc(F)ccc21. The van der Waals surface area contributed by atoms with Gasteiger partial charge in [-0.15, -0.1) is 10.2 Å². The summed E-state index contributed by atoms with van der Waals surface area (Å²) in [5.41, 5.74) is 4.15. The van der Waals surface area contributed by atoms with Crippen molar-refractivity contribution in [2.45, 2.75) is 32.4 Å². The number of aromatic nitrogens is 5. The average Bonchev–Trinajstić information content (AvgIpc) is 3.08.